The lowest BCUT2D eigenvalue weighted by Crippen LogP contribution is -2.20. The van der Waals surface area contributed by atoms with Gasteiger partial charge in [0, 0.05) is 0 Å². The van der Waals surface area contributed by atoms with Crippen LogP contribution in [0.4, 0.5) is 0 Å². The molecule has 0 aliphatic rings. The van der Waals surface area contributed by atoms with Crippen LogP contribution in [0.25, 0.3) is 0 Å². The minimum absolute atomic E-state index is 0.00659. The molecule has 0 radical (unpaired) electrons. The lowest BCUT2D eigenvalue weighted by molar-refractivity contribution is -0.152. The van der Waals surface area contributed by atoms with Gasteiger partial charge in [-0.1, -0.05) is 20.8 Å². The normalized spacial score (nSPS) is 13.6. The Kier molecular flexibility index (Phi) is 4.95. The summed E-state index contributed by atoms with van der Waals surface area (Å²) in [6.07, 6.45) is 0.915. The van der Waals surface area contributed by atoms with Crippen LogP contribution >= 0.6 is 0 Å². The Morgan fingerprint density at radius 1 is 1.17 bits per heavy atom. The summed E-state index contributed by atoms with van der Waals surface area (Å²) in [5.41, 5.74) is 0. The molecule has 0 rings (SSSR count). The van der Waals surface area contributed by atoms with Gasteiger partial charge in [0.25, 0.3) is 0 Å². The maximum atomic E-state index is 11.3. The van der Waals surface area contributed by atoms with Gasteiger partial charge in [0.15, 0.2) is 0 Å². The summed E-state index contributed by atoms with van der Waals surface area (Å²) in [6, 6.07) is 0. The predicted molar refractivity (Wildman–Crippen MR) is 49.8 cm³/mol. The smallest absolute Gasteiger partial charge is 0.308 e. The van der Waals surface area contributed by atoms with Gasteiger partial charge in [0.2, 0.25) is 0 Å². The summed E-state index contributed by atoms with van der Waals surface area (Å²) in [4.78, 5) is 11.3. The highest BCUT2D eigenvalue weighted by molar-refractivity contribution is 5.72. The summed E-state index contributed by atoms with van der Waals surface area (Å²) >= 11 is 0. The van der Waals surface area contributed by atoms with E-state index >= 15 is 0 Å². The van der Waals surface area contributed by atoms with E-state index in [9.17, 15) is 4.79 Å². The fraction of sp³-hybridized carbons (Fsp3) is 0.900. The molecule has 0 heterocycles. The molecule has 0 aliphatic carbocycles. The van der Waals surface area contributed by atoms with Crippen molar-refractivity contribution >= 4 is 5.97 Å². The third-order valence-electron chi connectivity index (χ3n) is 1.58. The van der Waals surface area contributed by atoms with Gasteiger partial charge in [-0.15, -0.1) is 0 Å². The van der Waals surface area contributed by atoms with Crippen molar-refractivity contribution in [1.82, 2.24) is 0 Å². The SMILES string of the molecule is CC(C)CC(C)C(=O)OC(C)C. The van der Waals surface area contributed by atoms with E-state index in [0.717, 1.165) is 6.42 Å². The van der Waals surface area contributed by atoms with Crippen molar-refractivity contribution < 1.29 is 9.53 Å². The van der Waals surface area contributed by atoms with Crippen molar-refractivity contribution in [2.75, 3.05) is 0 Å². The molecule has 0 fully saturated rings. The molecule has 0 bridgehead atoms. The molecular weight excluding hydrogens is 152 g/mol. The quantitative estimate of drug-likeness (QED) is 0.609. The first-order valence-electron chi connectivity index (χ1n) is 4.64. The standard InChI is InChI=1S/C10H20O2/c1-7(2)6-9(5)10(11)12-8(3)4/h7-9H,6H2,1-5H3. The molecule has 0 aliphatic heterocycles. The Morgan fingerprint density at radius 2 is 1.67 bits per heavy atom. The fourth-order valence-electron chi connectivity index (χ4n) is 1.15. The second kappa shape index (κ2) is 5.18. The second-order valence-electron chi connectivity index (χ2n) is 4.02. The maximum absolute atomic E-state index is 11.3. The number of hydrogen-bond donors (Lipinski definition) is 0. The highest BCUT2D eigenvalue weighted by Gasteiger charge is 2.16. The van der Waals surface area contributed by atoms with Crippen LogP contribution in [0, 0.1) is 11.8 Å². The number of esters is 1. The van der Waals surface area contributed by atoms with Crippen molar-refractivity contribution in [2.24, 2.45) is 11.8 Å². The Hall–Kier alpha value is -0.530. The Bertz CT molecular complexity index is 139. The fourth-order valence-corrected chi connectivity index (χ4v) is 1.15. The van der Waals surface area contributed by atoms with E-state index in [1.165, 1.54) is 0 Å². The predicted octanol–water partition coefficient (Wildman–Crippen LogP) is 2.62. The van der Waals surface area contributed by atoms with Crippen molar-refractivity contribution in [3.05, 3.63) is 0 Å². The van der Waals surface area contributed by atoms with Gasteiger partial charge in [-0.2, -0.15) is 0 Å². The Labute approximate surface area is 75.3 Å². The van der Waals surface area contributed by atoms with Crippen LogP contribution in [0.1, 0.15) is 41.0 Å². The number of carbonyl (C=O) groups excluding carboxylic acids is 1. The van der Waals surface area contributed by atoms with Gasteiger partial charge in [-0.25, -0.2) is 0 Å². The highest BCUT2D eigenvalue weighted by Crippen LogP contribution is 2.13. The summed E-state index contributed by atoms with van der Waals surface area (Å²) in [5.74, 6) is 0.519. The molecule has 0 spiro atoms. The molecule has 72 valence electrons. The third kappa shape index (κ3) is 5.16. The summed E-state index contributed by atoms with van der Waals surface area (Å²) in [6.45, 7) is 9.89. The maximum Gasteiger partial charge on any atom is 0.308 e. The van der Waals surface area contributed by atoms with E-state index in [-0.39, 0.29) is 18.0 Å². The zero-order valence-electron chi connectivity index (χ0n) is 8.76. The van der Waals surface area contributed by atoms with Gasteiger partial charge in [-0.3, -0.25) is 4.79 Å². The average Bonchev–Trinajstić information content (AvgIpc) is 1.84. The van der Waals surface area contributed by atoms with Crippen LogP contribution in [-0.2, 0) is 9.53 Å². The van der Waals surface area contributed by atoms with Crippen molar-refractivity contribution in [3.8, 4) is 0 Å². The number of carbonyl (C=O) groups is 1. The average molecular weight is 172 g/mol. The lowest BCUT2D eigenvalue weighted by Gasteiger charge is -2.15. The summed E-state index contributed by atoms with van der Waals surface area (Å²) in [7, 11) is 0. The number of ether oxygens (including phenoxy) is 1. The third-order valence-corrected chi connectivity index (χ3v) is 1.58. The minimum Gasteiger partial charge on any atom is -0.463 e. The molecule has 12 heavy (non-hydrogen) atoms. The molecule has 2 heteroatoms. The molecule has 0 saturated carbocycles. The topological polar surface area (TPSA) is 26.3 Å². The molecule has 0 aromatic carbocycles. The Morgan fingerprint density at radius 3 is 2.00 bits per heavy atom. The zero-order chi connectivity index (χ0) is 9.72. The van der Waals surface area contributed by atoms with Crippen LogP contribution < -0.4 is 0 Å². The summed E-state index contributed by atoms with van der Waals surface area (Å²) in [5, 5.41) is 0. The molecule has 0 aromatic heterocycles. The van der Waals surface area contributed by atoms with E-state index in [0.29, 0.717) is 5.92 Å². The molecule has 0 amide bonds. The van der Waals surface area contributed by atoms with Gasteiger partial charge in [0.1, 0.15) is 0 Å². The number of rotatable bonds is 4. The van der Waals surface area contributed by atoms with Crippen LogP contribution in [0.15, 0.2) is 0 Å². The van der Waals surface area contributed by atoms with Crippen LogP contribution in [0.2, 0.25) is 0 Å². The van der Waals surface area contributed by atoms with E-state index in [2.05, 4.69) is 13.8 Å². The lowest BCUT2D eigenvalue weighted by atomic mass is 9.99. The van der Waals surface area contributed by atoms with Gasteiger partial charge in [0.05, 0.1) is 12.0 Å². The van der Waals surface area contributed by atoms with Crippen LogP contribution in [0.5, 0.6) is 0 Å². The summed E-state index contributed by atoms with van der Waals surface area (Å²) < 4.78 is 5.07. The molecule has 2 nitrogen and oxygen atoms in total. The van der Waals surface area contributed by atoms with E-state index in [1.807, 2.05) is 20.8 Å². The van der Waals surface area contributed by atoms with E-state index in [4.69, 9.17) is 4.74 Å². The van der Waals surface area contributed by atoms with E-state index < -0.39 is 0 Å². The van der Waals surface area contributed by atoms with Crippen molar-refractivity contribution in [3.63, 3.8) is 0 Å². The zero-order valence-corrected chi connectivity index (χ0v) is 8.76. The number of hydrogen-bond acceptors (Lipinski definition) is 2. The molecule has 1 unspecified atom stereocenters. The molecule has 1 atom stereocenters. The first-order chi connectivity index (χ1) is 5.43. The molecule has 0 N–H and O–H groups in total. The second-order valence-corrected chi connectivity index (χ2v) is 4.02. The van der Waals surface area contributed by atoms with Crippen molar-refractivity contribution in [2.45, 2.75) is 47.1 Å². The van der Waals surface area contributed by atoms with Crippen LogP contribution in [-0.4, -0.2) is 12.1 Å². The molecule has 0 saturated heterocycles. The molecule has 0 aromatic rings. The van der Waals surface area contributed by atoms with E-state index in [1.54, 1.807) is 0 Å². The van der Waals surface area contributed by atoms with Crippen molar-refractivity contribution in [1.29, 1.82) is 0 Å². The van der Waals surface area contributed by atoms with Gasteiger partial charge in [-0.05, 0) is 26.2 Å². The van der Waals surface area contributed by atoms with Crippen LogP contribution in [0.3, 0.4) is 0 Å². The minimum atomic E-state index is -0.0706. The van der Waals surface area contributed by atoms with Gasteiger partial charge >= 0.3 is 5.97 Å². The first kappa shape index (κ1) is 11.5. The van der Waals surface area contributed by atoms with Gasteiger partial charge < -0.3 is 4.74 Å². The largest absolute Gasteiger partial charge is 0.463 e. The highest BCUT2D eigenvalue weighted by atomic mass is 16.5. The monoisotopic (exact) mass is 172 g/mol. The first-order valence-corrected chi connectivity index (χ1v) is 4.64. The Balaban J connectivity index is 3.77. The molecular formula is C10H20O2.